The van der Waals surface area contributed by atoms with Crippen molar-refractivity contribution in [3.8, 4) is 22.6 Å². The zero-order chi connectivity index (χ0) is 26.6. The molecule has 0 atom stereocenters. The molecule has 0 spiro atoms. The van der Waals surface area contributed by atoms with Crippen LogP contribution in [-0.2, 0) is 0 Å². The second-order valence-electron chi connectivity index (χ2n) is 8.86. The highest BCUT2D eigenvalue weighted by atomic mass is 19.2. The molecule has 0 amide bonds. The van der Waals surface area contributed by atoms with Crippen LogP contribution in [0.5, 0.6) is 11.5 Å². The van der Waals surface area contributed by atoms with E-state index in [4.69, 9.17) is 9.47 Å². The van der Waals surface area contributed by atoms with Gasteiger partial charge in [-0.25, -0.2) is 18.0 Å². The minimum Gasteiger partial charge on any atom is -0.494 e. The van der Waals surface area contributed by atoms with Crippen LogP contribution in [0.25, 0.3) is 11.1 Å². The van der Waals surface area contributed by atoms with Crippen molar-refractivity contribution in [3.63, 3.8) is 0 Å². The first-order valence-corrected chi connectivity index (χ1v) is 12.6. The molecule has 0 heterocycles. The fourth-order valence-corrected chi connectivity index (χ4v) is 3.91. The van der Waals surface area contributed by atoms with Gasteiger partial charge in [0.1, 0.15) is 11.5 Å². The number of hydrogen-bond donors (Lipinski definition) is 0. The molecule has 4 nitrogen and oxygen atoms in total. The lowest BCUT2D eigenvalue weighted by molar-refractivity contribution is 0.0733. The molecule has 37 heavy (non-hydrogen) atoms. The number of esters is 1. The number of carbonyl (C=O) groups is 2. The second-order valence-corrected chi connectivity index (χ2v) is 8.86. The van der Waals surface area contributed by atoms with Gasteiger partial charge < -0.3 is 9.47 Å². The van der Waals surface area contributed by atoms with E-state index < -0.39 is 23.4 Å². The van der Waals surface area contributed by atoms with E-state index in [9.17, 15) is 22.8 Å². The van der Waals surface area contributed by atoms with Gasteiger partial charge in [0.2, 0.25) is 0 Å². The van der Waals surface area contributed by atoms with Crippen LogP contribution in [0, 0.1) is 17.5 Å². The minimum atomic E-state index is -1.57. The van der Waals surface area contributed by atoms with Gasteiger partial charge in [0, 0.05) is 0 Å². The Kier molecular flexibility index (Phi) is 10.7. The SMILES string of the molecule is CCCCCCCCCCOc1ccc(C(=O)Oc2ccc(-c3cc(F)c(F)c(F)c3)cc2C=O)cc1. The Morgan fingerprint density at radius 1 is 0.784 bits per heavy atom. The Balaban J connectivity index is 1.53. The van der Waals surface area contributed by atoms with Crippen molar-refractivity contribution in [3.05, 3.63) is 83.2 Å². The van der Waals surface area contributed by atoms with Gasteiger partial charge in [-0.1, -0.05) is 57.9 Å². The first-order valence-electron chi connectivity index (χ1n) is 12.6. The number of aldehydes is 1. The van der Waals surface area contributed by atoms with Crippen molar-refractivity contribution < 1.29 is 32.2 Å². The fourth-order valence-electron chi connectivity index (χ4n) is 3.91. The molecule has 7 heteroatoms. The van der Waals surface area contributed by atoms with Crippen molar-refractivity contribution in [1.29, 1.82) is 0 Å². The minimum absolute atomic E-state index is 0.00121. The number of hydrogen-bond acceptors (Lipinski definition) is 4. The number of benzene rings is 3. The van der Waals surface area contributed by atoms with Crippen molar-refractivity contribution >= 4 is 12.3 Å². The van der Waals surface area contributed by atoms with Crippen LogP contribution in [0.1, 0.15) is 79.0 Å². The lowest BCUT2D eigenvalue weighted by Gasteiger charge is -2.10. The second kappa shape index (κ2) is 14.2. The number of rotatable bonds is 14. The lowest BCUT2D eigenvalue weighted by Crippen LogP contribution is -2.10. The normalized spacial score (nSPS) is 10.8. The summed E-state index contributed by atoms with van der Waals surface area (Å²) in [6, 6.07) is 12.2. The van der Waals surface area contributed by atoms with Gasteiger partial charge in [-0.15, -0.1) is 0 Å². The Morgan fingerprint density at radius 3 is 2.03 bits per heavy atom. The van der Waals surface area contributed by atoms with Crippen LogP contribution in [0.2, 0.25) is 0 Å². The molecule has 0 N–H and O–H groups in total. The predicted octanol–water partition coefficient (Wildman–Crippen LogP) is 8.32. The summed E-state index contributed by atoms with van der Waals surface area (Å²) in [6.07, 6.45) is 10.2. The van der Waals surface area contributed by atoms with Gasteiger partial charge >= 0.3 is 5.97 Å². The molecule has 0 bridgehead atoms. The number of carbonyl (C=O) groups excluding carboxylic acids is 2. The van der Waals surface area contributed by atoms with Gasteiger partial charge in [-0.05, 0) is 66.1 Å². The summed E-state index contributed by atoms with van der Waals surface area (Å²) in [5.41, 5.74) is 0.571. The van der Waals surface area contributed by atoms with Crippen LogP contribution in [-0.4, -0.2) is 18.9 Å². The van der Waals surface area contributed by atoms with E-state index in [0.29, 0.717) is 18.6 Å². The third kappa shape index (κ3) is 8.20. The molecule has 0 radical (unpaired) electrons. The smallest absolute Gasteiger partial charge is 0.343 e. The van der Waals surface area contributed by atoms with E-state index in [1.807, 2.05) is 0 Å². The molecule has 0 aliphatic rings. The lowest BCUT2D eigenvalue weighted by atomic mass is 10.0. The fraction of sp³-hybridized carbons (Fsp3) is 0.333. The molecule has 196 valence electrons. The summed E-state index contributed by atoms with van der Waals surface area (Å²) >= 11 is 0. The third-order valence-electron chi connectivity index (χ3n) is 6.01. The molecule has 0 saturated heterocycles. The molecular weight excluding hydrogens is 481 g/mol. The first kappa shape index (κ1) is 28.0. The van der Waals surface area contributed by atoms with E-state index in [2.05, 4.69) is 6.92 Å². The van der Waals surface area contributed by atoms with Gasteiger partial charge in [0.15, 0.2) is 23.7 Å². The highest BCUT2D eigenvalue weighted by Crippen LogP contribution is 2.29. The van der Waals surface area contributed by atoms with E-state index in [1.165, 1.54) is 56.7 Å². The maximum atomic E-state index is 13.6. The van der Waals surface area contributed by atoms with Gasteiger partial charge in [-0.3, -0.25) is 4.79 Å². The van der Waals surface area contributed by atoms with Crippen LogP contribution >= 0.6 is 0 Å². The third-order valence-corrected chi connectivity index (χ3v) is 6.01. The Bertz CT molecular complexity index is 1170. The van der Waals surface area contributed by atoms with E-state index in [0.717, 1.165) is 25.0 Å². The number of halogens is 3. The van der Waals surface area contributed by atoms with E-state index in [-0.39, 0.29) is 28.0 Å². The van der Waals surface area contributed by atoms with E-state index >= 15 is 0 Å². The van der Waals surface area contributed by atoms with Crippen LogP contribution in [0.15, 0.2) is 54.6 Å². The molecule has 0 saturated carbocycles. The summed E-state index contributed by atoms with van der Waals surface area (Å²) in [4.78, 5) is 24.2. The number of unbranched alkanes of at least 4 members (excludes halogenated alkanes) is 7. The molecule has 0 aliphatic heterocycles. The molecule has 0 aliphatic carbocycles. The molecule has 3 aromatic carbocycles. The quantitative estimate of drug-likeness (QED) is 0.0716. The van der Waals surface area contributed by atoms with Gasteiger partial charge in [0.25, 0.3) is 0 Å². The monoisotopic (exact) mass is 512 g/mol. The Hall–Kier alpha value is -3.61. The molecule has 3 aromatic rings. The van der Waals surface area contributed by atoms with Crippen LogP contribution in [0.3, 0.4) is 0 Å². The zero-order valence-corrected chi connectivity index (χ0v) is 20.9. The van der Waals surface area contributed by atoms with Gasteiger partial charge in [-0.2, -0.15) is 0 Å². The molecule has 0 aromatic heterocycles. The average Bonchev–Trinajstić information content (AvgIpc) is 2.91. The maximum Gasteiger partial charge on any atom is 0.343 e. The van der Waals surface area contributed by atoms with Crippen molar-refractivity contribution in [1.82, 2.24) is 0 Å². The maximum absolute atomic E-state index is 13.6. The summed E-state index contributed by atoms with van der Waals surface area (Å²) in [5.74, 6) is -4.30. The molecule has 3 rings (SSSR count). The summed E-state index contributed by atoms with van der Waals surface area (Å²) < 4.78 is 51.5. The van der Waals surface area contributed by atoms with E-state index in [1.54, 1.807) is 24.3 Å². The summed E-state index contributed by atoms with van der Waals surface area (Å²) in [7, 11) is 0. The first-order chi connectivity index (χ1) is 17.9. The predicted molar refractivity (Wildman–Crippen MR) is 137 cm³/mol. The van der Waals surface area contributed by atoms with Crippen LogP contribution < -0.4 is 9.47 Å². The molecule has 0 fully saturated rings. The largest absolute Gasteiger partial charge is 0.494 e. The highest BCUT2D eigenvalue weighted by Gasteiger charge is 2.15. The van der Waals surface area contributed by atoms with Crippen molar-refractivity contribution in [2.24, 2.45) is 0 Å². The summed E-state index contributed by atoms with van der Waals surface area (Å²) in [6.45, 7) is 2.82. The standard InChI is InChI=1S/C30H31F3O4/c1-2-3-4-5-6-7-8-9-16-36-25-13-10-21(11-14-25)30(35)37-28-15-12-22(17-24(28)20-34)23-18-26(31)29(33)27(32)19-23/h10-15,17-20H,2-9,16H2,1H3. The number of ether oxygens (including phenoxy) is 2. The Morgan fingerprint density at radius 2 is 1.41 bits per heavy atom. The van der Waals surface area contributed by atoms with Crippen molar-refractivity contribution in [2.45, 2.75) is 58.3 Å². The highest BCUT2D eigenvalue weighted by molar-refractivity contribution is 5.93. The van der Waals surface area contributed by atoms with Gasteiger partial charge in [0.05, 0.1) is 17.7 Å². The summed E-state index contributed by atoms with van der Waals surface area (Å²) in [5, 5.41) is 0. The molecular formula is C30H31F3O4. The molecule has 0 unspecified atom stereocenters. The average molecular weight is 513 g/mol. The van der Waals surface area contributed by atoms with Crippen molar-refractivity contribution in [2.75, 3.05) is 6.61 Å². The van der Waals surface area contributed by atoms with Crippen LogP contribution in [0.4, 0.5) is 13.2 Å². The Labute approximate surface area is 215 Å². The zero-order valence-electron chi connectivity index (χ0n) is 20.9. The topological polar surface area (TPSA) is 52.6 Å².